The third-order valence-corrected chi connectivity index (χ3v) is 1.34. The molecular weight excluding hydrogens is 140 g/mol. The largest absolute Gasteiger partial charge is 0.481 e. The molecular formula is C5H8O3S. The first-order chi connectivity index (χ1) is 4.04. The summed E-state index contributed by atoms with van der Waals surface area (Å²) in [7, 11) is 0. The van der Waals surface area contributed by atoms with Gasteiger partial charge in [0.1, 0.15) is 0 Å². The van der Waals surface area contributed by atoms with Crippen molar-refractivity contribution < 1.29 is 14.7 Å². The number of carboxylic acid groups (broad SMARTS) is 1. The minimum absolute atomic E-state index is 0.137. The van der Waals surface area contributed by atoms with Gasteiger partial charge in [-0.15, -0.1) is 12.6 Å². The van der Waals surface area contributed by atoms with Gasteiger partial charge in [0, 0.05) is 5.92 Å². The third-order valence-electron chi connectivity index (χ3n) is 0.902. The van der Waals surface area contributed by atoms with Crippen molar-refractivity contribution in [1.82, 2.24) is 0 Å². The van der Waals surface area contributed by atoms with Crippen LogP contribution in [0.25, 0.3) is 0 Å². The molecule has 0 heterocycles. The van der Waals surface area contributed by atoms with Crippen molar-refractivity contribution in [3.05, 3.63) is 0 Å². The van der Waals surface area contributed by atoms with Crippen LogP contribution in [0.5, 0.6) is 0 Å². The number of carbonyl (C=O) groups excluding carboxylic acids is 1. The SMILES string of the molecule is CC(CC(=O)O)C(=O)S. The van der Waals surface area contributed by atoms with Crippen molar-refractivity contribution >= 4 is 23.7 Å². The van der Waals surface area contributed by atoms with Crippen molar-refractivity contribution in [1.29, 1.82) is 0 Å². The number of carbonyl (C=O) groups is 2. The summed E-state index contributed by atoms with van der Waals surface area (Å²) in [5.41, 5.74) is 0. The second-order valence-electron chi connectivity index (χ2n) is 1.84. The molecule has 0 aromatic carbocycles. The van der Waals surface area contributed by atoms with Crippen LogP contribution in [0.4, 0.5) is 0 Å². The number of carboxylic acids is 1. The Morgan fingerprint density at radius 1 is 1.67 bits per heavy atom. The molecule has 0 fully saturated rings. The van der Waals surface area contributed by atoms with E-state index in [1.54, 1.807) is 0 Å². The van der Waals surface area contributed by atoms with E-state index in [4.69, 9.17) is 5.11 Å². The molecule has 1 unspecified atom stereocenters. The van der Waals surface area contributed by atoms with E-state index in [0.29, 0.717) is 0 Å². The fourth-order valence-electron chi connectivity index (χ4n) is 0.349. The summed E-state index contributed by atoms with van der Waals surface area (Å²) in [6, 6.07) is 0. The summed E-state index contributed by atoms with van der Waals surface area (Å²) in [6.45, 7) is 1.53. The lowest BCUT2D eigenvalue weighted by atomic mass is 10.1. The Labute approximate surface area is 58.5 Å². The molecule has 0 rings (SSSR count). The second-order valence-corrected chi connectivity index (χ2v) is 2.28. The van der Waals surface area contributed by atoms with Gasteiger partial charge in [0.05, 0.1) is 6.42 Å². The molecule has 4 heteroatoms. The predicted molar refractivity (Wildman–Crippen MR) is 35.4 cm³/mol. The Morgan fingerprint density at radius 2 is 2.11 bits per heavy atom. The molecule has 0 saturated heterocycles. The van der Waals surface area contributed by atoms with Crippen LogP contribution in [0.2, 0.25) is 0 Å². The topological polar surface area (TPSA) is 54.4 Å². The van der Waals surface area contributed by atoms with E-state index < -0.39 is 11.9 Å². The van der Waals surface area contributed by atoms with Crippen LogP contribution in [0.15, 0.2) is 0 Å². The lowest BCUT2D eigenvalue weighted by Gasteiger charge is -1.99. The number of hydrogen-bond donors (Lipinski definition) is 2. The van der Waals surface area contributed by atoms with E-state index in [0.717, 1.165) is 0 Å². The monoisotopic (exact) mass is 148 g/mol. The molecule has 1 atom stereocenters. The van der Waals surface area contributed by atoms with E-state index in [2.05, 4.69) is 12.6 Å². The van der Waals surface area contributed by atoms with E-state index in [-0.39, 0.29) is 11.5 Å². The molecule has 52 valence electrons. The number of thiol groups is 1. The zero-order valence-electron chi connectivity index (χ0n) is 5.00. The number of hydrogen-bond acceptors (Lipinski definition) is 2. The Bertz CT molecular complexity index is 132. The molecule has 0 spiro atoms. The van der Waals surface area contributed by atoms with E-state index in [1.165, 1.54) is 6.92 Å². The molecule has 0 aliphatic rings. The van der Waals surface area contributed by atoms with Crippen molar-refractivity contribution in [3.8, 4) is 0 Å². The first kappa shape index (κ1) is 8.49. The van der Waals surface area contributed by atoms with E-state index in [1.807, 2.05) is 0 Å². The lowest BCUT2D eigenvalue weighted by Crippen LogP contribution is -2.09. The molecule has 0 aliphatic carbocycles. The standard InChI is InChI=1S/C5H8O3S/c1-3(5(8)9)2-4(6)7/h3H,2H2,1H3,(H,6,7)(H,8,9). The zero-order valence-corrected chi connectivity index (χ0v) is 5.89. The summed E-state index contributed by atoms with van der Waals surface area (Å²) >= 11 is 3.47. The predicted octanol–water partition coefficient (Wildman–Crippen LogP) is 0.554. The molecule has 3 nitrogen and oxygen atoms in total. The van der Waals surface area contributed by atoms with E-state index in [9.17, 15) is 9.59 Å². The molecule has 0 aromatic heterocycles. The van der Waals surface area contributed by atoms with Gasteiger partial charge in [0.2, 0.25) is 0 Å². The van der Waals surface area contributed by atoms with Crippen LogP contribution in [0, 0.1) is 5.92 Å². The van der Waals surface area contributed by atoms with Crippen LogP contribution in [-0.4, -0.2) is 16.2 Å². The number of rotatable bonds is 3. The maximum atomic E-state index is 10.3. The van der Waals surface area contributed by atoms with Gasteiger partial charge < -0.3 is 5.11 Å². The third kappa shape index (κ3) is 4.02. The molecule has 0 bridgehead atoms. The molecule has 0 amide bonds. The van der Waals surface area contributed by atoms with Gasteiger partial charge in [-0.25, -0.2) is 0 Å². The summed E-state index contributed by atoms with van der Waals surface area (Å²) in [5.74, 6) is -1.45. The van der Waals surface area contributed by atoms with Crippen LogP contribution >= 0.6 is 12.6 Å². The fraction of sp³-hybridized carbons (Fsp3) is 0.600. The Hall–Kier alpha value is -0.510. The van der Waals surface area contributed by atoms with Gasteiger partial charge in [0.25, 0.3) is 0 Å². The smallest absolute Gasteiger partial charge is 0.304 e. The van der Waals surface area contributed by atoms with Gasteiger partial charge in [-0.2, -0.15) is 0 Å². The molecule has 0 radical (unpaired) electrons. The minimum Gasteiger partial charge on any atom is -0.481 e. The Kier molecular flexibility index (Phi) is 3.30. The first-order valence-corrected chi connectivity index (χ1v) is 2.93. The average molecular weight is 148 g/mol. The van der Waals surface area contributed by atoms with Gasteiger partial charge in [-0.05, 0) is 0 Å². The van der Waals surface area contributed by atoms with Gasteiger partial charge in [-0.3, -0.25) is 9.59 Å². The summed E-state index contributed by atoms with van der Waals surface area (Å²) in [5, 5.41) is 7.77. The van der Waals surface area contributed by atoms with Crippen LogP contribution in [-0.2, 0) is 9.59 Å². The maximum Gasteiger partial charge on any atom is 0.304 e. The molecule has 0 saturated carbocycles. The second kappa shape index (κ2) is 3.50. The molecule has 0 aliphatic heterocycles. The fourth-order valence-corrected chi connectivity index (χ4v) is 0.441. The van der Waals surface area contributed by atoms with Gasteiger partial charge in [0.15, 0.2) is 5.12 Å². The summed E-state index contributed by atoms with van der Waals surface area (Å²) in [6.07, 6.45) is -0.137. The summed E-state index contributed by atoms with van der Waals surface area (Å²) in [4.78, 5) is 20.2. The van der Waals surface area contributed by atoms with Crippen molar-refractivity contribution in [2.45, 2.75) is 13.3 Å². The normalized spacial score (nSPS) is 12.7. The number of aliphatic carboxylic acids is 1. The lowest BCUT2D eigenvalue weighted by molar-refractivity contribution is -0.139. The van der Waals surface area contributed by atoms with E-state index >= 15 is 0 Å². The maximum absolute atomic E-state index is 10.3. The Morgan fingerprint density at radius 3 is 2.22 bits per heavy atom. The average Bonchev–Trinajstić information content (AvgIpc) is 1.63. The van der Waals surface area contributed by atoms with Crippen LogP contribution in [0.3, 0.4) is 0 Å². The highest BCUT2D eigenvalue weighted by Gasteiger charge is 2.11. The Balaban J connectivity index is 3.63. The van der Waals surface area contributed by atoms with Crippen molar-refractivity contribution in [3.63, 3.8) is 0 Å². The van der Waals surface area contributed by atoms with Crippen LogP contribution < -0.4 is 0 Å². The first-order valence-electron chi connectivity index (χ1n) is 2.48. The van der Waals surface area contributed by atoms with Crippen molar-refractivity contribution in [2.24, 2.45) is 5.92 Å². The minimum atomic E-state index is -0.968. The molecule has 9 heavy (non-hydrogen) atoms. The highest BCUT2D eigenvalue weighted by atomic mass is 32.1. The molecule has 0 aromatic rings. The zero-order chi connectivity index (χ0) is 7.44. The van der Waals surface area contributed by atoms with Gasteiger partial charge >= 0.3 is 5.97 Å². The van der Waals surface area contributed by atoms with Gasteiger partial charge in [-0.1, -0.05) is 6.92 Å². The molecule has 1 N–H and O–H groups in total. The highest BCUT2D eigenvalue weighted by molar-refractivity contribution is 7.96. The highest BCUT2D eigenvalue weighted by Crippen LogP contribution is 2.04. The quantitative estimate of drug-likeness (QED) is 0.575. The summed E-state index contributed by atoms with van der Waals surface area (Å²) < 4.78 is 0. The van der Waals surface area contributed by atoms with Crippen molar-refractivity contribution in [2.75, 3.05) is 0 Å². The van der Waals surface area contributed by atoms with Crippen LogP contribution in [0.1, 0.15) is 13.3 Å².